The zero-order chi connectivity index (χ0) is 18.4. The lowest BCUT2D eigenvalue weighted by Crippen LogP contribution is -2.41. The van der Waals surface area contributed by atoms with E-state index in [9.17, 15) is 4.79 Å². The lowest BCUT2D eigenvalue weighted by atomic mass is 9.90. The highest BCUT2D eigenvalue weighted by Crippen LogP contribution is 2.33. The van der Waals surface area contributed by atoms with Crippen molar-refractivity contribution < 1.29 is 4.79 Å². The molecule has 1 N–H and O–H groups in total. The predicted molar refractivity (Wildman–Crippen MR) is 104 cm³/mol. The van der Waals surface area contributed by atoms with Gasteiger partial charge in [-0.25, -0.2) is 0 Å². The minimum atomic E-state index is 0.0621. The van der Waals surface area contributed by atoms with E-state index in [2.05, 4.69) is 41.4 Å². The number of piperidine rings is 1. The molecule has 1 aromatic heterocycles. The molecule has 1 amide bonds. The van der Waals surface area contributed by atoms with Gasteiger partial charge in [0, 0.05) is 36.2 Å². The van der Waals surface area contributed by atoms with Crippen molar-refractivity contribution in [3.05, 3.63) is 41.7 Å². The highest BCUT2D eigenvalue weighted by Gasteiger charge is 2.28. The van der Waals surface area contributed by atoms with Crippen LogP contribution >= 0.6 is 0 Å². The summed E-state index contributed by atoms with van der Waals surface area (Å²) >= 11 is 0. The standard InChI is InChI=1S/C19H25N3O.C2H6/c1-13(2)19(23)22-10-4-5-16(12-22)18-17(11-20-21-18)15-8-6-14(3)7-9-15;1-2/h6-9,11,13,16H,4-5,10,12H2,1-3H3,(H,20,21);1-2H3. The quantitative estimate of drug-likeness (QED) is 0.874. The zero-order valence-corrected chi connectivity index (χ0v) is 16.2. The fraction of sp³-hybridized carbons (Fsp3) is 0.524. The third-order valence-corrected chi connectivity index (χ3v) is 4.67. The van der Waals surface area contributed by atoms with E-state index >= 15 is 0 Å². The summed E-state index contributed by atoms with van der Waals surface area (Å²) in [7, 11) is 0. The summed E-state index contributed by atoms with van der Waals surface area (Å²) in [6.45, 7) is 11.7. The molecule has 1 aliphatic heterocycles. The molecule has 4 nitrogen and oxygen atoms in total. The van der Waals surface area contributed by atoms with Crippen molar-refractivity contribution in [3.8, 4) is 11.1 Å². The SMILES string of the molecule is CC.Cc1ccc(-c2cn[nH]c2C2CCCN(C(=O)C(C)C)C2)cc1. The highest BCUT2D eigenvalue weighted by atomic mass is 16.2. The summed E-state index contributed by atoms with van der Waals surface area (Å²) in [5.41, 5.74) is 4.76. The molecule has 1 aromatic carbocycles. The number of hydrogen-bond acceptors (Lipinski definition) is 2. The second-order valence-corrected chi connectivity index (χ2v) is 6.84. The van der Waals surface area contributed by atoms with Gasteiger partial charge in [-0.15, -0.1) is 0 Å². The Morgan fingerprint density at radius 2 is 1.92 bits per heavy atom. The maximum Gasteiger partial charge on any atom is 0.225 e. The van der Waals surface area contributed by atoms with Crippen molar-refractivity contribution in [2.24, 2.45) is 5.92 Å². The molecule has 1 saturated heterocycles. The molecule has 0 spiro atoms. The van der Waals surface area contributed by atoms with Crippen molar-refractivity contribution >= 4 is 5.91 Å². The van der Waals surface area contributed by atoms with E-state index in [0.29, 0.717) is 5.92 Å². The molecule has 0 bridgehead atoms. The van der Waals surface area contributed by atoms with Gasteiger partial charge in [-0.2, -0.15) is 5.10 Å². The van der Waals surface area contributed by atoms with Crippen LogP contribution in [-0.2, 0) is 4.79 Å². The van der Waals surface area contributed by atoms with E-state index in [1.54, 1.807) is 0 Å². The lowest BCUT2D eigenvalue weighted by Gasteiger charge is -2.33. The van der Waals surface area contributed by atoms with E-state index < -0.39 is 0 Å². The number of aromatic nitrogens is 2. The largest absolute Gasteiger partial charge is 0.342 e. The van der Waals surface area contributed by atoms with Crippen LogP contribution < -0.4 is 0 Å². The second kappa shape index (κ2) is 8.84. The average molecular weight is 341 g/mol. The third kappa shape index (κ3) is 4.50. The number of aromatic amines is 1. The number of likely N-dealkylation sites (tertiary alicyclic amines) is 1. The first-order valence-corrected chi connectivity index (χ1v) is 9.45. The van der Waals surface area contributed by atoms with Crippen molar-refractivity contribution in [2.75, 3.05) is 13.1 Å². The number of hydrogen-bond donors (Lipinski definition) is 1. The van der Waals surface area contributed by atoms with Gasteiger partial charge in [-0.3, -0.25) is 9.89 Å². The molecule has 3 rings (SSSR count). The Morgan fingerprint density at radius 1 is 1.24 bits per heavy atom. The number of nitrogens with one attached hydrogen (secondary N) is 1. The first-order chi connectivity index (χ1) is 12.1. The van der Waals surface area contributed by atoms with Crippen molar-refractivity contribution in [1.29, 1.82) is 0 Å². The molecular formula is C21H31N3O. The maximum absolute atomic E-state index is 12.3. The summed E-state index contributed by atoms with van der Waals surface area (Å²) in [6, 6.07) is 8.54. The number of carbonyl (C=O) groups is 1. The number of carbonyl (C=O) groups excluding carboxylic acids is 1. The molecule has 0 radical (unpaired) electrons. The minimum absolute atomic E-state index is 0.0621. The Morgan fingerprint density at radius 3 is 2.56 bits per heavy atom. The molecule has 2 aromatic rings. The van der Waals surface area contributed by atoms with Crippen LogP contribution in [0.5, 0.6) is 0 Å². The number of benzene rings is 1. The number of rotatable bonds is 3. The number of amides is 1. The zero-order valence-electron chi connectivity index (χ0n) is 16.2. The summed E-state index contributed by atoms with van der Waals surface area (Å²) < 4.78 is 0. The van der Waals surface area contributed by atoms with Gasteiger partial charge in [0.05, 0.1) is 6.20 Å². The average Bonchev–Trinajstić information content (AvgIpc) is 3.13. The highest BCUT2D eigenvalue weighted by molar-refractivity contribution is 5.78. The van der Waals surface area contributed by atoms with E-state index in [1.807, 2.05) is 38.8 Å². The van der Waals surface area contributed by atoms with Crippen LogP contribution in [0.15, 0.2) is 30.5 Å². The Kier molecular flexibility index (Phi) is 6.80. The molecule has 0 saturated carbocycles. The Bertz CT molecular complexity index is 673. The lowest BCUT2D eigenvalue weighted by molar-refractivity contribution is -0.135. The minimum Gasteiger partial charge on any atom is -0.342 e. The first-order valence-electron chi connectivity index (χ1n) is 9.45. The van der Waals surface area contributed by atoms with Gasteiger partial charge in [0.25, 0.3) is 0 Å². The van der Waals surface area contributed by atoms with E-state index in [-0.39, 0.29) is 11.8 Å². The monoisotopic (exact) mass is 341 g/mol. The fourth-order valence-corrected chi connectivity index (χ4v) is 3.35. The smallest absolute Gasteiger partial charge is 0.225 e. The molecule has 136 valence electrons. The summed E-state index contributed by atoms with van der Waals surface area (Å²) in [4.78, 5) is 14.3. The molecule has 4 heteroatoms. The van der Waals surface area contributed by atoms with Crippen LogP contribution in [0.3, 0.4) is 0 Å². The van der Waals surface area contributed by atoms with Crippen LogP contribution in [0.2, 0.25) is 0 Å². The van der Waals surface area contributed by atoms with Crippen LogP contribution in [-0.4, -0.2) is 34.1 Å². The van der Waals surface area contributed by atoms with Crippen molar-refractivity contribution in [3.63, 3.8) is 0 Å². The van der Waals surface area contributed by atoms with Gasteiger partial charge < -0.3 is 4.90 Å². The van der Waals surface area contributed by atoms with E-state index in [4.69, 9.17) is 0 Å². The van der Waals surface area contributed by atoms with Gasteiger partial charge in [-0.05, 0) is 25.3 Å². The molecule has 25 heavy (non-hydrogen) atoms. The Labute approximate surface area is 151 Å². The summed E-state index contributed by atoms with van der Waals surface area (Å²) in [6.07, 6.45) is 4.06. The van der Waals surface area contributed by atoms with Gasteiger partial charge in [0.2, 0.25) is 5.91 Å². The van der Waals surface area contributed by atoms with Crippen LogP contribution in [0.1, 0.15) is 57.7 Å². The number of nitrogens with zero attached hydrogens (tertiary/aromatic N) is 2. The first kappa shape index (κ1) is 19.2. The van der Waals surface area contributed by atoms with Gasteiger partial charge in [-0.1, -0.05) is 57.5 Å². The Balaban J connectivity index is 0.00000109. The summed E-state index contributed by atoms with van der Waals surface area (Å²) in [5.74, 6) is 0.656. The van der Waals surface area contributed by atoms with Crippen LogP contribution in [0.4, 0.5) is 0 Å². The van der Waals surface area contributed by atoms with Gasteiger partial charge >= 0.3 is 0 Å². The summed E-state index contributed by atoms with van der Waals surface area (Å²) in [5, 5.41) is 7.46. The molecule has 1 aliphatic rings. The van der Waals surface area contributed by atoms with Gasteiger partial charge in [0.15, 0.2) is 0 Å². The fourth-order valence-electron chi connectivity index (χ4n) is 3.35. The predicted octanol–water partition coefficient (Wildman–Crippen LogP) is 4.77. The molecule has 1 unspecified atom stereocenters. The topological polar surface area (TPSA) is 49.0 Å². The van der Waals surface area contributed by atoms with Crippen LogP contribution in [0.25, 0.3) is 11.1 Å². The normalized spacial score (nSPS) is 17.2. The van der Waals surface area contributed by atoms with E-state index in [0.717, 1.165) is 37.2 Å². The molecule has 2 heterocycles. The second-order valence-electron chi connectivity index (χ2n) is 6.84. The maximum atomic E-state index is 12.3. The van der Waals surface area contributed by atoms with Crippen LogP contribution in [0, 0.1) is 12.8 Å². The molecule has 1 atom stereocenters. The molecule has 1 fully saturated rings. The number of H-pyrrole nitrogens is 1. The molecular weight excluding hydrogens is 310 g/mol. The van der Waals surface area contributed by atoms with Crippen molar-refractivity contribution in [2.45, 2.75) is 53.4 Å². The Hall–Kier alpha value is -2.10. The van der Waals surface area contributed by atoms with Crippen molar-refractivity contribution in [1.82, 2.24) is 15.1 Å². The third-order valence-electron chi connectivity index (χ3n) is 4.67. The van der Waals surface area contributed by atoms with E-state index in [1.165, 1.54) is 11.1 Å². The molecule has 0 aliphatic carbocycles. The number of aryl methyl sites for hydroxylation is 1. The van der Waals surface area contributed by atoms with Gasteiger partial charge in [0.1, 0.15) is 0 Å².